The zero-order chi connectivity index (χ0) is 14.7. The fourth-order valence-corrected chi connectivity index (χ4v) is 3.09. The van der Waals surface area contributed by atoms with Gasteiger partial charge in [-0.15, -0.1) is 0 Å². The van der Waals surface area contributed by atoms with Crippen LogP contribution in [0.1, 0.15) is 44.5 Å². The van der Waals surface area contributed by atoms with Crippen molar-refractivity contribution in [2.75, 3.05) is 25.1 Å². The summed E-state index contributed by atoms with van der Waals surface area (Å²) in [5.41, 5.74) is 0. The molecule has 114 valence electrons. The van der Waals surface area contributed by atoms with Gasteiger partial charge in [0.05, 0.1) is 13.2 Å². The second-order valence-corrected chi connectivity index (χ2v) is 5.73. The smallest absolute Gasteiger partial charge is 0.220 e. The number of hydrogen-bond donors (Lipinski definition) is 1. The average molecular weight is 290 g/mol. The lowest BCUT2D eigenvalue weighted by molar-refractivity contribution is -0.138. The van der Waals surface area contributed by atoms with Gasteiger partial charge in [-0.3, -0.25) is 4.79 Å². The lowest BCUT2D eigenvalue weighted by Gasteiger charge is -2.33. The minimum atomic E-state index is -0.179. The molecule has 2 heterocycles. The molecule has 1 saturated heterocycles. The Labute approximate surface area is 124 Å². The van der Waals surface area contributed by atoms with Crippen LogP contribution >= 0.6 is 0 Å². The molecular weight excluding hydrogens is 268 g/mol. The first-order chi connectivity index (χ1) is 10.2. The number of nitrogens with zero attached hydrogens (tertiary/aromatic N) is 3. The van der Waals surface area contributed by atoms with Crippen LogP contribution in [0, 0.1) is 0 Å². The van der Waals surface area contributed by atoms with Crippen LogP contribution in [0.2, 0.25) is 0 Å². The number of ether oxygens (including phenoxy) is 1. The van der Waals surface area contributed by atoms with Gasteiger partial charge in [0.2, 0.25) is 5.91 Å². The van der Waals surface area contributed by atoms with E-state index in [1.165, 1.54) is 25.7 Å². The third-order valence-electron chi connectivity index (χ3n) is 4.21. The quantitative estimate of drug-likeness (QED) is 0.918. The predicted octanol–water partition coefficient (Wildman–Crippen LogP) is 1.75. The lowest BCUT2D eigenvalue weighted by Crippen LogP contribution is -2.43. The molecule has 1 aliphatic heterocycles. The highest BCUT2D eigenvalue weighted by Crippen LogP contribution is 2.24. The van der Waals surface area contributed by atoms with Crippen LogP contribution in [0.4, 0.5) is 5.82 Å². The summed E-state index contributed by atoms with van der Waals surface area (Å²) >= 11 is 0. The summed E-state index contributed by atoms with van der Waals surface area (Å²) in [6.45, 7) is 3.23. The van der Waals surface area contributed by atoms with Crippen LogP contribution < -0.4 is 5.32 Å². The molecule has 1 aliphatic carbocycles. The van der Waals surface area contributed by atoms with Crippen molar-refractivity contribution >= 4 is 11.7 Å². The van der Waals surface area contributed by atoms with Crippen molar-refractivity contribution < 1.29 is 9.53 Å². The Kier molecular flexibility index (Phi) is 4.34. The number of nitrogens with one attached hydrogen (secondary N) is 1. The zero-order valence-electron chi connectivity index (χ0n) is 12.4. The van der Waals surface area contributed by atoms with E-state index in [1.54, 1.807) is 18.0 Å². The molecule has 2 fully saturated rings. The van der Waals surface area contributed by atoms with Gasteiger partial charge >= 0.3 is 0 Å². The highest BCUT2D eigenvalue weighted by atomic mass is 16.5. The Morgan fingerprint density at radius 1 is 1.43 bits per heavy atom. The molecule has 2 aliphatic rings. The minimum absolute atomic E-state index is 0.0426. The molecule has 6 nitrogen and oxygen atoms in total. The number of anilines is 1. The van der Waals surface area contributed by atoms with Gasteiger partial charge in [0, 0.05) is 25.7 Å². The van der Waals surface area contributed by atoms with Gasteiger partial charge in [-0.05, 0) is 18.9 Å². The van der Waals surface area contributed by atoms with E-state index in [0.29, 0.717) is 31.6 Å². The molecule has 1 saturated carbocycles. The van der Waals surface area contributed by atoms with Gasteiger partial charge in [0.25, 0.3) is 0 Å². The minimum Gasteiger partial charge on any atom is -0.377 e. The number of carbonyl (C=O) groups is 1. The third-order valence-corrected chi connectivity index (χ3v) is 4.21. The van der Waals surface area contributed by atoms with E-state index in [-0.39, 0.29) is 11.9 Å². The molecule has 0 bridgehead atoms. The topological polar surface area (TPSA) is 67.4 Å². The van der Waals surface area contributed by atoms with Gasteiger partial charge in [-0.1, -0.05) is 12.8 Å². The number of amides is 1. The van der Waals surface area contributed by atoms with Gasteiger partial charge < -0.3 is 15.0 Å². The molecule has 1 aromatic rings. The van der Waals surface area contributed by atoms with Gasteiger partial charge in [0.1, 0.15) is 11.9 Å². The molecule has 1 atom stereocenters. The second kappa shape index (κ2) is 6.39. The summed E-state index contributed by atoms with van der Waals surface area (Å²) in [5, 5.41) is 3.47. The molecular formula is C15H22N4O2. The highest BCUT2D eigenvalue weighted by molar-refractivity contribution is 5.73. The number of rotatable bonds is 3. The van der Waals surface area contributed by atoms with Crippen molar-refractivity contribution in [3.63, 3.8) is 0 Å². The Morgan fingerprint density at radius 3 is 3.00 bits per heavy atom. The van der Waals surface area contributed by atoms with Crippen LogP contribution in [0.3, 0.4) is 0 Å². The summed E-state index contributed by atoms with van der Waals surface area (Å²) in [6.07, 6.45) is 6.72. The number of aromatic nitrogens is 2. The number of hydrogen-bond acceptors (Lipinski definition) is 5. The summed E-state index contributed by atoms with van der Waals surface area (Å²) in [7, 11) is 0. The Bertz CT molecular complexity index is 502. The summed E-state index contributed by atoms with van der Waals surface area (Å²) in [6, 6.07) is 2.23. The molecule has 0 radical (unpaired) electrons. The molecule has 6 heteroatoms. The fraction of sp³-hybridized carbons (Fsp3) is 0.667. The Morgan fingerprint density at radius 2 is 2.24 bits per heavy atom. The molecule has 0 aromatic carbocycles. The maximum atomic E-state index is 11.7. The highest BCUT2D eigenvalue weighted by Gasteiger charge is 2.29. The molecule has 21 heavy (non-hydrogen) atoms. The van der Waals surface area contributed by atoms with E-state index in [2.05, 4.69) is 15.3 Å². The molecule has 0 spiro atoms. The fourth-order valence-electron chi connectivity index (χ4n) is 3.09. The van der Waals surface area contributed by atoms with E-state index >= 15 is 0 Å². The number of morpholine rings is 1. The van der Waals surface area contributed by atoms with E-state index in [0.717, 1.165) is 5.82 Å². The van der Waals surface area contributed by atoms with Crippen molar-refractivity contribution in [2.45, 2.75) is 44.7 Å². The van der Waals surface area contributed by atoms with Crippen molar-refractivity contribution in [1.29, 1.82) is 0 Å². The monoisotopic (exact) mass is 290 g/mol. The lowest BCUT2D eigenvalue weighted by atomic mass is 10.2. The average Bonchev–Trinajstić information content (AvgIpc) is 3.00. The van der Waals surface area contributed by atoms with Crippen molar-refractivity contribution in [1.82, 2.24) is 14.9 Å². The first kappa shape index (κ1) is 14.3. The third kappa shape index (κ3) is 3.32. The van der Waals surface area contributed by atoms with Crippen LogP contribution in [-0.4, -0.2) is 46.6 Å². The van der Waals surface area contributed by atoms with E-state index in [4.69, 9.17) is 4.74 Å². The van der Waals surface area contributed by atoms with Gasteiger partial charge in [0.15, 0.2) is 5.82 Å². The van der Waals surface area contributed by atoms with Crippen molar-refractivity contribution in [2.24, 2.45) is 0 Å². The predicted molar refractivity (Wildman–Crippen MR) is 78.9 cm³/mol. The van der Waals surface area contributed by atoms with Gasteiger partial charge in [-0.2, -0.15) is 0 Å². The molecule has 1 amide bonds. The van der Waals surface area contributed by atoms with Gasteiger partial charge in [-0.25, -0.2) is 9.97 Å². The SMILES string of the molecule is CC(=O)N1CCOC[C@@H]1c1nccc(NC2CCCC2)n1. The Balaban J connectivity index is 1.75. The van der Waals surface area contributed by atoms with Crippen molar-refractivity contribution in [3.8, 4) is 0 Å². The maximum absolute atomic E-state index is 11.7. The Hall–Kier alpha value is -1.69. The molecule has 1 N–H and O–H groups in total. The second-order valence-electron chi connectivity index (χ2n) is 5.73. The van der Waals surface area contributed by atoms with Crippen LogP contribution in [0.5, 0.6) is 0 Å². The van der Waals surface area contributed by atoms with Crippen LogP contribution in [-0.2, 0) is 9.53 Å². The van der Waals surface area contributed by atoms with Crippen LogP contribution in [0.25, 0.3) is 0 Å². The van der Waals surface area contributed by atoms with Crippen molar-refractivity contribution in [3.05, 3.63) is 18.1 Å². The zero-order valence-corrected chi connectivity index (χ0v) is 12.4. The molecule has 0 unspecified atom stereocenters. The molecule has 1 aromatic heterocycles. The summed E-state index contributed by atoms with van der Waals surface area (Å²) < 4.78 is 5.50. The first-order valence-corrected chi connectivity index (χ1v) is 7.68. The normalized spacial score (nSPS) is 23.3. The maximum Gasteiger partial charge on any atom is 0.220 e. The van der Waals surface area contributed by atoms with Crippen LogP contribution in [0.15, 0.2) is 12.3 Å². The van der Waals surface area contributed by atoms with E-state index in [9.17, 15) is 4.79 Å². The number of carbonyl (C=O) groups excluding carboxylic acids is 1. The molecule has 3 rings (SSSR count). The van der Waals surface area contributed by atoms with E-state index in [1.807, 2.05) is 6.07 Å². The first-order valence-electron chi connectivity index (χ1n) is 7.68. The van der Waals surface area contributed by atoms with E-state index < -0.39 is 0 Å². The summed E-state index contributed by atoms with van der Waals surface area (Å²) in [5.74, 6) is 1.55. The summed E-state index contributed by atoms with van der Waals surface area (Å²) in [4.78, 5) is 22.5. The largest absolute Gasteiger partial charge is 0.377 e. The standard InChI is InChI=1S/C15H22N4O2/c1-11(20)19-8-9-21-10-13(19)15-16-7-6-14(18-15)17-12-4-2-3-5-12/h6-7,12-13H,2-5,8-10H2,1H3,(H,16,17,18)/t13-/m1/s1.